The van der Waals surface area contributed by atoms with E-state index in [1.807, 2.05) is 0 Å². The average Bonchev–Trinajstić information content (AvgIpc) is 3.27. The second-order valence-electron chi connectivity index (χ2n) is 18.6. The minimum atomic E-state index is -4.39. The number of alkyl halides is 6. The first-order valence-corrected chi connectivity index (χ1v) is 22.3. The summed E-state index contributed by atoms with van der Waals surface area (Å²) in [6, 6.07) is 9.43. The number of amides is 3. The van der Waals surface area contributed by atoms with E-state index in [0.717, 1.165) is 63.0 Å². The molecule has 4 aliphatic heterocycles. The van der Waals surface area contributed by atoms with Gasteiger partial charge in [0.25, 0.3) is 5.91 Å². The molecular formula is C48H72F6N4O11. The van der Waals surface area contributed by atoms with Crippen molar-refractivity contribution in [2.24, 2.45) is 11.8 Å². The molecule has 4 heterocycles. The summed E-state index contributed by atoms with van der Waals surface area (Å²) in [5.41, 5.74) is -2.57. The van der Waals surface area contributed by atoms with Gasteiger partial charge >= 0.3 is 30.5 Å². The van der Waals surface area contributed by atoms with E-state index in [-0.39, 0.29) is 53.0 Å². The number of carboxylic acid groups (broad SMARTS) is 1. The summed E-state index contributed by atoms with van der Waals surface area (Å²) in [6.07, 6.45) is -7.48. The first-order chi connectivity index (χ1) is 31.3. The number of nitrogens with one attached hydrogen (secondary N) is 1. The second kappa shape index (κ2) is 26.8. The highest BCUT2D eigenvalue weighted by Gasteiger charge is 2.37. The number of rotatable bonds is 8. The van der Waals surface area contributed by atoms with Crippen molar-refractivity contribution in [1.82, 2.24) is 20.0 Å². The number of hydrogen-bond acceptors (Lipinski definition) is 11. The summed E-state index contributed by atoms with van der Waals surface area (Å²) >= 11 is 0. The van der Waals surface area contributed by atoms with Crippen LogP contribution in [0.3, 0.4) is 0 Å². The molecule has 3 amide bonds. The molecule has 4 atom stereocenters. The number of carbonyl (C=O) groups is 4. The van der Waals surface area contributed by atoms with E-state index < -0.39 is 65.0 Å². The summed E-state index contributed by atoms with van der Waals surface area (Å²) in [5.74, 6) is 0.107. The van der Waals surface area contributed by atoms with Crippen LogP contribution in [0.2, 0.25) is 0 Å². The summed E-state index contributed by atoms with van der Waals surface area (Å²) in [6.45, 7) is 15.9. The minimum absolute atomic E-state index is 0. The monoisotopic (exact) mass is 995 g/mol. The van der Waals surface area contributed by atoms with Gasteiger partial charge in [-0.25, -0.2) is 14.4 Å². The molecule has 0 aliphatic carbocycles. The Hall–Kier alpha value is -5.02. The van der Waals surface area contributed by atoms with Gasteiger partial charge in [-0.05, 0) is 122 Å². The molecule has 0 spiro atoms. The van der Waals surface area contributed by atoms with Crippen LogP contribution in [0, 0.1) is 11.8 Å². The molecule has 0 saturated carbocycles. The molecule has 2 aromatic rings. The molecule has 2 N–H and O–H groups in total. The van der Waals surface area contributed by atoms with Crippen molar-refractivity contribution >= 4 is 24.1 Å². The maximum absolute atomic E-state index is 13.0. The highest BCUT2D eigenvalue weighted by atomic mass is 19.4. The molecule has 0 bridgehead atoms. The molecule has 21 heteroatoms. The number of carboxylic acids is 1. The molecule has 4 saturated heterocycles. The molecule has 0 aromatic heterocycles. The van der Waals surface area contributed by atoms with Gasteiger partial charge in [0.15, 0.2) is 12.2 Å². The lowest BCUT2D eigenvalue weighted by Crippen LogP contribution is -2.55. The van der Waals surface area contributed by atoms with E-state index in [4.69, 9.17) is 33.5 Å². The first-order valence-electron chi connectivity index (χ1n) is 22.3. The van der Waals surface area contributed by atoms with Gasteiger partial charge in [0.1, 0.15) is 22.7 Å². The van der Waals surface area contributed by atoms with Crippen LogP contribution >= 0.6 is 0 Å². The van der Waals surface area contributed by atoms with Gasteiger partial charge in [-0.1, -0.05) is 14.9 Å². The highest BCUT2D eigenvalue weighted by Crippen LogP contribution is 2.32. The zero-order valence-electron chi connectivity index (χ0n) is 38.9. The molecule has 392 valence electrons. The van der Waals surface area contributed by atoms with Crippen LogP contribution in [0.15, 0.2) is 48.5 Å². The predicted octanol–water partition coefficient (Wildman–Crippen LogP) is 9.02. The summed E-state index contributed by atoms with van der Waals surface area (Å²) in [5, 5.41) is 12.0. The normalized spacial score (nSPS) is 21.0. The van der Waals surface area contributed by atoms with E-state index in [2.05, 4.69) is 5.32 Å². The number of piperidine rings is 2. The predicted molar refractivity (Wildman–Crippen MR) is 245 cm³/mol. The summed E-state index contributed by atoms with van der Waals surface area (Å²) < 4.78 is 107. The van der Waals surface area contributed by atoms with Crippen molar-refractivity contribution in [2.75, 3.05) is 78.8 Å². The van der Waals surface area contributed by atoms with Gasteiger partial charge in [0.05, 0.1) is 50.6 Å². The quantitative estimate of drug-likeness (QED) is 0.242. The number of likely N-dealkylation sites (tertiary alicyclic amines) is 1. The van der Waals surface area contributed by atoms with Gasteiger partial charge in [-0.3, -0.25) is 4.79 Å². The van der Waals surface area contributed by atoms with Gasteiger partial charge in [-0.15, -0.1) is 0 Å². The van der Waals surface area contributed by atoms with Gasteiger partial charge < -0.3 is 53.5 Å². The fraction of sp³-hybridized carbons (Fsp3) is 0.667. The maximum Gasteiger partial charge on any atom is 0.416 e. The van der Waals surface area contributed by atoms with Crippen LogP contribution in [-0.4, -0.2) is 146 Å². The van der Waals surface area contributed by atoms with Crippen LogP contribution < -0.4 is 14.8 Å². The Morgan fingerprint density at radius 3 is 1.48 bits per heavy atom. The molecule has 6 rings (SSSR count). The van der Waals surface area contributed by atoms with Crippen molar-refractivity contribution in [3.05, 3.63) is 59.7 Å². The maximum atomic E-state index is 13.0. The number of aliphatic carboxylic acids is 1. The number of nitrogens with zero attached hydrogens (tertiary/aromatic N) is 3. The third kappa shape index (κ3) is 21.3. The molecule has 4 fully saturated rings. The van der Waals surface area contributed by atoms with E-state index in [1.54, 1.807) is 46.4 Å². The third-order valence-electron chi connectivity index (χ3n) is 10.6. The molecular weight excluding hydrogens is 923 g/mol. The number of carbonyl (C=O) groups excluding carboxylic acids is 3. The number of ether oxygens (including phenoxy) is 6. The van der Waals surface area contributed by atoms with E-state index >= 15 is 0 Å². The van der Waals surface area contributed by atoms with Gasteiger partial charge in [-0.2, -0.15) is 26.3 Å². The molecule has 4 aliphatic rings. The van der Waals surface area contributed by atoms with E-state index in [0.29, 0.717) is 56.8 Å². The van der Waals surface area contributed by atoms with Crippen molar-refractivity contribution in [1.29, 1.82) is 0 Å². The zero-order valence-corrected chi connectivity index (χ0v) is 38.9. The smallest absolute Gasteiger partial charge is 0.416 e. The Kier molecular flexibility index (Phi) is 23.4. The SMILES string of the molecule is C.C.CC(C)(C)OC(=O)N1CCOC(C(=O)N2CCCC(COc3ccc(C(F)(F)F)cc3)C2)C1.CC(C)(C)OC(=O)N1CCOC(C(=O)O)C1.FC(F)(F)c1ccc(OCC2CCCNC2)cc1. The number of hydrogen-bond donors (Lipinski definition) is 2. The lowest BCUT2D eigenvalue weighted by atomic mass is 9.98. The molecule has 4 unspecified atom stereocenters. The lowest BCUT2D eigenvalue weighted by Gasteiger charge is -2.38. The van der Waals surface area contributed by atoms with Crippen LogP contribution in [-0.2, 0) is 40.9 Å². The standard InChI is InChI=1S/C23H31F3N2O5.C13H16F3NO.C10H17NO5.2CH4/c1-22(2,3)33-21(30)28-11-12-31-19(14-28)20(29)27-10-4-5-16(13-27)15-32-18-8-6-17(7-9-18)23(24,25)26;14-13(15,16)11-3-5-12(6-4-11)18-9-10-2-1-7-17-8-10;1-10(2,3)16-9(14)11-4-5-15-7(6-11)8(12)13;;/h6-9,16,19H,4-5,10-15H2,1-3H3;3-6,10,17H,1-2,7-9H2;7H,4-6H2,1-3H3,(H,12,13);2*1H4. The van der Waals surface area contributed by atoms with Crippen molar-refractivity contribution in [2.45, 2.75) is 118 Å². The minimum Gasteiger partial charge on any atom is -0.493 e. The van der Waals surface area contributed by atoms with Crippen LogP contribution in [0.5, 0.6) is 11.5 Å². The fourth-order valence-corrected chi connectivity index (χ4v) is 7.16. The second-order valence-corrected chi connectivity index (χ2v) is 18.6. The fourth-order valence-electron chi connectivity index (χ4n) is 7.16. The summed E-state index contributed by atoms with van der Waals surface area (Å²) in [4.78, 5) is 52.3. The van der Waals surface area contributed by atoms with E-state index in [1.165, 1.54) is 34.1 Å². The Morgan fingerprint density at radius 1 is 0.623 bits per heavy atom. The highest BCUT2D eigenvalue weighted by molar-refractivity contribution is 5.82. The molecule has 2 aromatic carbocycles. The molecule has 0 radical (unpaired) electrons. The Bertz CT molecular complexity index is 1880. The van der Waals surface area contributed by atoms with Gasteiger partial charge in [0.2, 0.25) is 0 Å². The number of halogens is 6. The number of morpholine rings is 2. The van der Waals surface area contributed by atoms with Crippen LogP contribution in [0.1, 0.15) is 93.2 Å². The van der Waals surface area contributed by atoms with Crippen molar-refractivity contribution in [3.8, 4) is 11.5 Å². The van der Waals surface area contributed by atoms with Crippen molar-refractivity contribution < 1.29 is 79.0 Å². The first kappa shape index (κ1) is 60.1. The number of benzene rings is 2. The molecule has 69 heavy (non-hydrogen) atoms. The Labute approximate surface area is 402 Å². The van der Waals surface area contributed by atoms with Crippen molar-refractivity contribution in [3.63, 3.8) is 0 Å². The van der Waals surface area contributed by atoms with Crippen LogP contribution in [0.25, 0.3) is 0 Å². The molecule has 15 nitrogen and oxygen atoms in total. The largest absolute Gasteiger partial charge is 0.493 e. The third-order valence-corrected chi connectivity index (χ3v) is 10.6. The topological polar surface area (TPSA) is 166 Å². The Morgan fingerprint density at radius 2 is 1.06 bits per heavy atom. The average molecular weight is 995 g/mol. The van der Waals surface area contributed by atoms with Crippen LogP contribution in [0.4, 0.5) is 35.9 Å². The summed E-state index contributed by atoms with van der Waals surface area (Å²) in [7, 11) is 0. The van der Waals surface area contributed by atoms with E-state index in [9.17, 15) is 45.5 Å². The van der Waals surface area contributed by atoms with Gasteiger partial charge in [0, 0.05) is 44.6 Å². The lowest BCUT2D eigenvalue weighted by molar-refractivity contribution is -0.155. The zero-order chi connectivity index (χ0) is 49.6. The Balaban J connectivity index is 0.000000384.